The number of fused-ring (bicyclic) bond motifs is 1. The number of pyridine rings is 2. The van der Waals surface area contributed by atoms with Gasteiger partial charge in [0.15, 0.2) is 17.2 Å². The molecule has 0 unspecified atom stereocenters. The fourth-order valence-electron chi connectivity index (χ4n) is 3.16. The molecule has 0 atom stereocenters. The lowest BCUT2D eigenvalue weighted by Crippen LogP contribution is -2.12. The van der Waals surface area contributed by atoms with Crippen LogP contribution in [0.2, 0.25) is 0 Å². The summed E-state index contributed by atoms with van der Waals surface area (Å²) in [7, 11) is -2.40. The molecule has 0 fully saturated rings. The highest BCUT2D eigenvalue weighted by molar-refractivity contribution is 14.1. The molecular formula is C21H17IN4O5S. The first-order valence-electron chi connectivity index (χ1n) is 9.24. The second-order valence-electron chi connectivity index (χ2n) is 6.89. The molecule has 9 nitrogen and oxygen atoms in total. The van der Waals surface area contributed by atoms with E-state index in [9.17, 15) is 13.2 Å². The number of carboxylic acid groups (broad SMARTS) is 1. The van der Waals surface area contributed by atoms with Crippen molar-refractivity contribution in [2.75, 3.05) is 12.4 Å². The van der Waals surface area contributed by atoms with Crippen molar-refractivity contribution >= 4 is 55.6 Å². The third kappa shape index (κ3) is 4.00. The number of carbonyl (C=O) groups is 1. The number of amides is 1. The summed E-state index contributed by atoms with van der Waals surface area (Å²) in [5.41, 5.74) is 2.58. The molecule has 0 aliphatic heterocycles. The van der Waals surface area contributed by atoms with Crippen LogP contribution >= 0.6 is 22.6 Å². The minimum Gasteiger partial charge on any atom is -0.493 e. The Morgan fingerprint density at radius 3 is 2.44 bits per heavy atom. The van der Waals surface area contributed by atoms with Crippen molar-refractivity contribution in [1.82, 2.24) is 13.9 Å². The highest BCUT2D eigenvalue weighted by atomic mass is 127. The van der Waals surface area contributed by atoms with Crippen LogP contribution < -0.4 is 10.1 Å². The summed E-state index contributed by atoms with van der Waals surface area (Å²) in [6.07, 6.45) is 3.32. The predicted octanol–water partition coefficient (Wildman–Crippen LogP) is 4.35. The molecule has 4 rings (SSSR count). The zero-order chi connectivity index (χ0) is 23.0. The average Bonchev–Trinajstić information content (AvgIpc) is 3.11. The van der Waals surface area contributed by atoms with Crippen molar-refractivity contribution in [3.05, 3.63) is 64.1 Å². The Balaban J connectivity index is 1.79. The van der Waals surface area contributed by atoms with Gasteiger partial charge in [-0.05, 0) is 53.8 Å². The van der Waals surface area contributed by atoms with Crippen LogP contribution in [0.5, 0.6) is 5.75 Å². The van der Waals surface area contributed by atoms with E-state index in [2.05, 4.69) is 37.9 Å². The number of hydrogen-bond donors (Lipinski definition) is 2. The molecular weight excluding hydrogens is 547 g/mol. The van der Waals surface area contributed by atoms with Gasteiger partial charge in [0, 0.05) is 38.7 Å². The van der Waals surface area contributed by atoms with Crippen LogP contribution in [0.1, 0.15) is 5.56 Å². The molecule has 11 heteroatoms. The SMILES string of the molecule is COc1cc(-c2cnc3c(c2)c(I)cn3S(=O)(=O)c2ccc(C)cc2)cnc1NC(=O)O. The minimum absolute atomic E-state index is 0.0720. The predicted molar refractivity (Wildman–Crippen MR) is 128 cm³/mol. The van der Waals surface area contributed by atoms with Gasteiger partial charge in [-0.15, -0.1) is 0 Å². The van der Waals surface area contributed by atoms with Crippen LogP contribution in [-0.4, -0.2) is 40.7 Å². The normalized spacial score (nSPS) is 11.5. The summed E-state index contributed by atoms with van der Waals surface area (Å²) in [6, 6.07) is 10.1. The number of aromatic nitrogens is 3. The zero-order valence-corrected chi connectivity index (χ0v) is 19.9. The van der Waals surface area contributed by atoms with Crippen molar-refractivity contribution in [3.8, 4) is 16.9 Å². The number of halogens is 1. The molecule has 0 radical (unpaired) electrons. The maximum Gasteiger partial charge on any atom is 0.410 e. The molecule has 4 aromatic rings. The highest BCUT2D eigenvalue weighted by Gasteiger charge is 2.22. The zero-order valence-electron chi connectivity index (χ0n) is 16.9. The van der Waals surface area contributed by atoms with Gasteiger partial charge in [-0.2, -0.15) is 0 Å². The second-order valence-corrected chi connectivity index (χ2v) is 9.87. The highest BCUT2D eigenvalue weighted by Crippen LogP contribution is 2.32. The van der Waals surface area contributed by atoms with Gasteiger partial charge in [-0.1, -0.05) is 17.7 Å². The van der Waals surface area contributed by atoms with Crippen molar-refractivity contribution in [2.24, 2.45) is 0 Å². The monoisotopic (exact) mass is 564 g/mol. The molecule has 1 aromatic carbocycles. The van der Waals surface area contributed by atoms with Crippen LogP contribution in [0.15, 0.2) is 59.9 Å². The summed E-state index contributed by atoms with van der Waals surface area (Å²) < 4.78 is 33.5. The van der Waals surface area contributed by atoms with Crippen LogP contribution in [-0.2, 0) is 10.0 Å². The van der Waals surface area contributed by atoms with E-state index >= 15 is 0 Å². The first kappa shape index (κ1) is 22.0. The third-order valence-electron chi connectivity index (χ3n) is 4.77. The number of rotatable bonds is 5. The Kier molecular flexibility index (Phi) is 5.77. The van der Waals surface area contributed by atoms with Crippen molar-refractivity contribution in [1.29, 1.82) is 0 Å². The maximum absolute atomic E-state index is 13.2. The molecule has 164 valence electrons. The molecule has 0 spiro atoms. The molecule has 0 aliphatic rings. The lowest BCUT2D eigenvalue weighted by atomic mass is 10.1. The Morgan fingerprint density at radius 1 is 1.12 bits per heavy atom. The van der Waals surface area contributed by atoms with Crippen molar-refractivity contribution in [2.45, 2.75) is 11.8 Å². The quantitative estimate of drug-likeness (QED) is 0.346. The van der Waals surface area contributed by atoms with Gasteiger partial charge in [-0.25, -0.2) is 27.2 Å². The topological polar surface area (TPSA) is 123 Å². The molecule has 3 aromatic heterocycles. The summed E-state index contributed by atoms with van der Waals surface area (Å²) >= 11 is 2.07. The third-order valence-corrected chi connectivity index (χ3v) is 7.30. The molecule has 0 saturated heterocycles. The number of methoxy groups -OCH3 is 1. The van der Waals surface area contributed by atoms with E-state index in [1.807, 2.05) is 13.0 Å². The van der Waals surface area contributed by atoms with E-state index in [1.165, 1.54) is 23.5 Å². The van der Waals surface area contributed by atoms with E-state index in [0.29, 0.717) is 25.7 Å². The lowest BCUT2D eigenvalue weighted by molar-refractivity contribution is 0.209. The Morgan fingerprint density at radius 2 is 1.78 bits per heavy atom. The smallest absolute Gasteiger partial charge is 0.410 e. The second kappa shape index (κ2) is 8.39. The molecule has 2 N–H and O–H groups in total. The summed E-state index contributed by atoms with van der Waals surface area (Å²) in [5, 5.41) is 11.7. The van der Waals surface area contributed by atoms with E-state index in [4.69, 9.17) is 9.84 Å². The van der Waals surface area contributed by atoms with Crippen molar-refractivity contribution < 1.29 is 23.1 Å². The molecule has 0 saturated carbocycles. The number of ether oxygens (including phenoxy) is 1. The maximum atomic E-state index is 13.2. The fourth-order valence-corrected chi connectivity index (χ4v) is 5.35. The fraction of sp³-hybridized carbons (Fsp3) is 0.0952. The van der Waals surface area contributed by atoms with Gasteiger partial charge in [0.1, 0.15) is 0 Å². The molecule has 32 heavy (non-hydrogen) atoms. The largest absolute Gasteiger partial charge is 0.493 e. The molecule has 0 bridgehead atoms. The molecule has 0 aliphatic carbocycles. The first-order valence-corrected chi connectivity index (χ1v) is 11.8. The van der Waals surface area contributed by atoms with Crippen LogP contribution in [0, 0.1) is 10.5 Å². The number of hydrogen-bond acceptors (Lipinski definition) is 6. The van der Waals surface area contributed by atoms with Gasteiger partial charge in [0.05, 0.1) is 12.0 Å². The Bertz CT molecular complexity index is 1450. The molecule has 1 amide bonds. The van der Waals surface area contributed by atoms with E-state index in [-0.39, 0.29) is 16.5 Å². The van der Waals surface area contributed by atoms with Crippen LogP contribution in [0.4, 0.5) is 10.6 Å². The number of anilines is 1. The first-order chi connectivity index (χ1) is 15.2. The van der Waals surface area contributed by atoms with E-state index < -0.39 is 16.1 Å². The van der Waals surface area contributed by atoms with Gasteiger partial charge < -0.3 is 9.84 Å². The molecule has 3 heterocycles. The number of aryl methyl sites for hydroxylation is 1. The van der Waals surface area contributed by atoms with Crippen LogP contribution in [0.3, 0.4) is 0 Å². The standard InChI is InChI=1S/C21H17IN4O5S/c1-12-3-5-15(6-4-12)32(29,30)26-11-17(22)16-7-13(10-24-20(16)26)14-8-18(31-2)19(23-9-14)25-21(27)28/h3-11H,1-2H3,(H,23,25)(H,27,28). The number of nitrogens with one attached hydrogen (secondary N) is 1. The van der Waals surface area contributed by atoms with Gasteiger partial charge >= 0.3 is 6.09 Å². The van der Waals surface area contributed by atoms with Gasteiger partial charge in [0.2, 0.25) is 0 Å². The number of benzene rings is 1. The lowest BCUT2D eigenvalue weighted by Gasteiger charge is -2.10. The van der Waals surface area contributed by atoms with Crippen molar-refractivity contribution in [3.63, 3.8) is 0 Å². The average molecular weight is 564 g/mol. The van der Waals surface area contributed by atoms with E-state index in [1.54, 1.807) is 36.5 Å². The minimum atomic E-state index is -3.81. The summed E-state index contributed by atoms with van der Waals surface area (Å²) in [4.78, 5) is 19.6. The Hall–Kier alpha value is -3.19. The van der Waals surface area contributed by atoms with E-state index in [0.717, 1.165) is 5.56 Å². The van der Waals surface area contributed by atoms with Gasteiger partial charge in [-0.3, -0.25) is 5.32 Å². The van der Waals surface area contributed by atoms with Crippen LogP contribution in [0.25, 0.3) is 22.2 Å². The number of nitrogens with zero attached hydrogens (tertiary/aromatic N) is 3. The summed E-state index contributed by atoms with van der Waals surface area (Å²) in [6.45, 7) is 1.89. The Labute approximate surface area is 197 Å². The summed E-state index contributed by atoms with van der Waals surface area (Å²) in [5.74, 6) is 0.321. The van der Waals surface area contributed by atoms with Gasteiger partial charge in [0.25, 0.3) is 10.0 Å².